The van der Waals surface area contributed by atoms with E-state index < -0.39 is 0 Å². The highest BCUT2D eigenvalue weighted by Gasteiger charge is 2.25. The molecule has 7 heteroatoms. The topological polar surface area (TPSA) is 50.8 Å². The van der Waals surface area contributed by atoms with Crippen molar-refractivity contribution in [1.82, 2.24) is 10.2 Å². The third-order valence-corrected chi connectivity index (χ3v) is 4.98. The fourth-order valence-corrected chi connectivity index (χ4v) is 3.55. The number of morpholine rings is 1. The van der Waals surface area contributed by atoms with Gasteiger partial charge in [-0.2, -0.15) is 0 Å². The van der Waals surface area contributed by atoms with E-state index in [0.717, 1.165) is 18.7 Å². The summed E-state index contributed by atoms with van der Waals surface area (Å²) < 4.78 is 11.1. The van der Waals surface area contributed by atoms with E-state index in [9.17, 15) is 4.79 Å². The van der Waals surface area contributed by atoms with Crippen molar-refractivity contribution >= 4 is 29.9 Å². The van der Waals surface area contributed by atoms with Gasteiger partial charge in [0.1, 0.15) is 5.75 Å². The molecule has 1 amide bonds. The minimum atomic E-state index is -0.149. The van der Waals surface area contributed by atoms with Gasteiger partial charge in [0.05, 0.1) is 31.4 Å². The first-order chi connectivity index (χ1) is 13.2. The Morgan fingerprint density at radius 3 is 2.57 bits per heavy atom. The highest BCUT2D eigenvalue weighted by Crippen LogP contribution is 2.28. The van der Waals surface area contributed by atoms with Crippen LogP contribution in [0.2, 0.25) is 5.02 Å². The zero-order valence-electron chi connectivity index (χ0n) is 15.9. The Kier molecular flexibility index (Phi) is 9.06. The number of para-hydroxylation sites is 1. The SMILES string of the molecule is CCOc1ccccc1C(=O)NCC(c1ccccc1Cl)N1CCOCC1.Cl. The molecule has 1 fully saturated rings. The standard InChI is InChI=1S/C21H25ClN2O3.ClH/c1-2-27-20-10-6-4-8-17(20)21(25)23-15-19(24-11-13-26-14-12-24)16-7-3-5-9-18(16)22;/h3-10,19H,2,11-15H2,1H3,(H,23,25);1H. The van der Waals surface area contributed by atoms with Gasteiger partial charge in [0.2, 0.25) is 0 Å². The van der Waals surface area contributed by atoms with E-state index in [1.54, 1.807) is 6.07 Å². The second-order valence-electron chi connectivity index (χ2n) is 6.32. The summed E-state index contributed by atoms with van der Waals surface area (Å²) in [4.78, 5) is 15.1. The van der Waals surface area contributed by atoms with Gasteiger partial charge in [0.25, 0.3) is 5.91 Å². The molecular weight excluding hydrogens is 399 g/mol. The fraction of sp³-hybridized carbons (Fsp3) is 0.381. The normalized spacial score (nSPS) is 15.4. The molecule has 1 atom stereocenters. The number of rotatable bonds is 7. The number of halogens is 2. The average Bonchev–Trinajstić information content (AvgIpc) is 2.71. The first-order valence-corrected chi connectivity index (χ1v) is 9.64. The number of hydrogen-bond acceptors (Lipinski definition) is 4. The van der Waals surface area contributed by atoms with Crippen molar-refractivity contribution < 1.29 is 14.3 Å². The molecule has 3 rings (SSSR count). The molecule has 0 aromatic heterocycles. The summed E-state index contributed by atoms with van der Waals surface area (Å²) in [6, 6.07) is 15.1. The molecule has 0 radical (unpaired) electrons. The van der Waals surface area contributed by atoms with Crippen LogP contribution in [0.3, 0.4) is 0 Å². The predicted molar refractivity (Wildman–Crippen MR) is 114 cm³/mol. The van der Waals surface area contributed by atoms with Gasteiger partial charge >= 0.3 is 0 Å². The molecule has 1 saturated heterocycles. The van der Waals surface area contributed by atoms with Crippen LogP contribution in [0.1, 0.15) is 28.9 Å². The molecule has 1 aliphatic heterocycles. The monoisotopic (exact) mass is 424 g/mol. The number of carbonyl (C=O) groups excluding carboxylic acids is 1. The fourth-order valence-electron chi connectivity index (χ4n) is 3.29. The maximum Gasteiger partial charge on any atom is 0.255 e. The summed E-state index contributed by atoms with van der Waals surface area (Å²) >= 11 is 6.45. The lowest BCUT2D eigenvalue weighted by Crippen LogP contribution is -2.44. The molecule has 1 N–H and O–H groups in total. The Bertz CT molecular complexity index is 767. The largest absolute Gasteiger partial charge is 0.493 e. The van der Waals surface area contributed by atoms with Crippen molar-refractivity contribution in [1.29, 1.82) is 0 Å². The molecule has 0 aliphatic carbocycles. The van der Waals surface area contributed by atoms with Gasteiger partial charge in [0.15, 0.2) is 0 Å². The molecule has 2 aromatic carbocycles. The summed E-state index contributed by atoms with van der Waals surface area (Å²) in [5.41, 5.74) is 1.55. The second-order valence-corrected chi connectivity index (χ2v) is 6.73. The van der Waals surface area contributed by atoms with E-state index in [1.807, 2.05) is 49.4 Å². The van der Waals surface area contributed by atoms with Crippen LogP contribution in [0.4, 0.5) is 0 Å². The van der Waals surface area contributed by atoms with Crippen LogP contribution >= 0.6 is 24.0 Å². The van der Waals surface area contributed by atoms with Crippen LogP contribution < -0.4 is 10.1 Å². The molecule has 1 heterocycles. The summed E-state index contributed by atoms with van der Waals surface area (Å²) in [7, 11) is 0. The highest BCUT2D eigenvalue weighted by molar-refractivity contribution is 6.31. The molecule has 1 unspecified atom stereocenters. The van der Waals surface area contributed by atoms with Crippen LogP contribution in [0, 0.1) is 0 Å². The minimum Gasteiger partial charge on any atom is -0.493 e. The molecule has 0 spiro atoms. The molecular formula is C21H26Cl2N2O3. The lowest BCUT2D eigenvalue weighted by molar-refractivity contribution is 0.0162. The Morgan fingerprint density at radius 1 is 1.18 bits per heavy atom. The van der Waals surface area contributed by atoms with Crippen molar-refractivity contribution in [2.75, 3.05) is 39.5 Å². The number of hydrogen-bond donors (Lipinski definition) is 1. The zero-order chi connectivity index (χ0) is 19.1. The van der Waals surface area contributed by atoms with Crippen LogP contribution in [-0.2, 0) is 4.74 Å². The van der Waals surface area contributed by atoms with Gasteiger partial charge in [-0.15, -0.1) is 12.4 Å². The molecule has 0 bridgehead atoms. The van der Waals surface area contributed by atoms with Crippen LogP contribution in [0.5, 0.6) is 5.75 Å². The van der Waals surface area contributed by atoms with E-state index in [0.29, 0.717) is 42.7 Å². The Hall–Kier alpha value is -1.79. The number of carbonyl (C=O) groups is 1. The molecule has 0 saturated carbocycles. The Labute approximate surface area is 177 Å². The van der Waals surface area contributed by atoms with Gasteiger partial charge in [0, 0.05) is 24.7 Å². The molecule has 5 nitrogen and oxygen atoms in total. The third kappa shape index (κ3) is 5.61. The van der Waals surface area contributed by atoms with Crippen LogP contribution in [0.25, 0.3) is 0 Å². The lowest BCUT2D eigenvalue weighted by atomic mass is 10.0. The Balaban J connectivity index is 0.00000280. The number of nitrogens with one attached hydrogen (secondary N) is 1. The number of ether oxygens (including phenoxy) is 2. The third-order valence-electron chi connectivity index (χ3n) is 4.64. The van der Waals surface area contributed by atoms with E-state index in [1.165, 1.54) is 0 Å². The van der Waals surface area contributed by atoms with Gasteiger partial charge < -0.3 is 14.8 Å². The maximum absolute atomic E-state index is 12.8. The minimum absolute atomic E-state index is 0. The van der Waals surface area contributed by atoms with Crippen molar-refractivity contribution in [2.45, 2.75) is 13.0 Å². The van der Waals surface area contributed by atoms with Gasteiger partial charge in [-0.05, 0) is 30.7 Å². The van der Waals surface area contributed by atoms with Crippen molar-refractivity contribution in [3.05, 3.63) is 64.7 Å². The summed E-state index contributed by atoms with van der Waals surface area (Å²) in [6.07, 6.45) is 0. The van der Waals surface area contributed by atoms with Gasteiger partial charge in [-0.1, -0.05) is 41.9 Å². The van der Waals surface area contributed by atoms with Crippen LogP contribution in [0.15, 0.2) is 48.5 Å². The van der Waals surface area contributed by atoms with Gasteiger partial charge in [-0.25, -0.2) is 0 Å². The van der Waals surface area contributed by atoms with Crippen molar-refractivity contribution in [3.8, 4) is 5.75 Å². The zero-order valence-corrected chi connectivity index (χ0v) is 17.5. The highest BCUT2D eigenvalue weighted by atomic mass is 35.5. The molecule has 152 valence electrons. The van der Waals surface area contributed by atoms with E-state index in [4.69, 9.17) is 21.1 Å². The smallest absolute Gasteiger partial charge is 0.255 e. The molecule has 28 heavy (non-hydrogen) atoms. The predicted octanol–water partition coefficient (Wildman–Crippen LogP) is 3.96. The van der Waals surface area contributed by atoms with E-state index in [2.05, 4.69) is 10.2 Å². The average molecular weight is 425 g/mol. The first-order valence-electron chi connectivity index (χ1n) is 9.27. The summed E-state index contributed by atoms with van der Waals surface area (Å²) in [5.74, 6) is 0.447. The van der Waals surface area contributed by atoms with Gasteiger partial charge in [-0.3, -0.25) is 9.69 Å². The second kappa shape index (κ2) is 11.3. The van der Waals surface area contributed by atoms with Crippen molar-refractivity contribution in [3.63, 3.8) is 0 Å². The number of benzene rings is 2. The lowest BCUT2D eigenvalue weighted by Gasteiger charge is -2.35. The number of nitrogens with zero attached hydrogens (tertiary/aromatic N) is 1. The maximum atomic E-state index is 12.8. The van der Waals surface area contributed by atoms with Crippen molar-refractivity contribution in [2.24, 2.45) is 0 Å². The van der Waals surface area contributed by atoms with Crippen LogP contribution in [-0.4, -0.2) is 50.3 Å². The summed E-state index contributed by atoms with van der Waals surface area (Å²) in [6.45, 7) is 5.86. The summed E-state index contributed by atoms with van der Waals surface area (Å²) in [5, 5.41) is 3.77. The quantitative estimate of drug-likeness (QED) is 0.730. The first kappa shape index (κ1) is 22.5. The Morgan fingerprint density at radius 2 is 1.86 bits per heavy atom. The molecule has 2 aromatic rings. The number of amides is 1. The molecule has 1 aliphatic rings. The van der Waals surface area contributed by atoms with E-state index >= 15 is 0 Å². The van der Waals surface area contributed by atoms with E-state index in [-0.39, 0.29) is 24.4 Å².